The Morgan fingerprint density at radius 1 is 1.32 bits per heavy atom. The molecule has 1 aromatic carbocycles. The van der Waals surface area contributed by atoms with E-state index in [0.717, 1.165) is 17.7 Å². The summed E-state index contributed by atoms with van der Waals surface area (Å²) < 4.78 is 6.19. The van der Waals surface area contributed by atoms with Crippen molar-refractivity contribution in [1.82, 2.24) is 0 Å². The van der Waals surface area contributed by atoms with Crippen LogP contribution in [0.5, 0.6) is 5.75 Å². The molecular formula is C17H26O2. The van der Waals surface area contributed by atoms with Crippen molar-refractivity contribution >= 4 is 0 Å². The first-order chi connectivity index (χ1) is 8.64. The van der Waals surface area contributed by atoms with E-state index < -0.39 is 6.10 Å². The minimum atomic E-state index is -0.425. The van der Waals surface area contributed by atoms with Crippen molar-refractivity contribution in [2.24, 2.45) is 0 Å². The van der Waals surface area contributed by atoms with Gasteiger partial charge in [-0.1, -0.05) is 33.8 Å². The summed E-state index contributed by atoms with van der Waals surface area (Å²) in [5, 5.41) is 10.4. The van der Waals surface area contributed by atoms with Gasteiger partial charge in [-0.15, -0.1) is 0 Å². The summed E-state index contributed by atoms with van der Waals surface area (Å²) in [7, 11) is 0. The van der Waals surface area contributed by atoms with E-state index >= 15 is 0 Å². The molecule has 0 saturated carbocycles. The number of hydrogen-bond acceptors (Lipinski definition) is 2. The van der Waals surface area contributed by atoms with E-state index in [0.29, 0.717) is 6.42 Å². The summed E-state index contributed by atoms with van der Waals surface area (Å²) in [6.07, 6.45) is 1.20. The number of benzene rings is 1. The van der Waals surface area contributed by atoms with Gasteiger partial charge in [0, 0.05) is 17.5 Å². The molecule has 106 valence electrons. The molecule has 0 bridgehead atoms. The van der Waals surface area contributed by atoms with Crippen LogP contribution in [0.2, 0.25) is 0 Å². The molecule has 0 aromatic heterocycles. The molecule has 1 atom stereocenters. The second kappa shape index (κ2) is 4.52. The fraction of sp³-hybridized carbons (Fsp3) is 0.647. The molecule has 2 rings (SSSR count). The summed E-state index contributed by atoms with van der Waals surface area (Å²) in [6, 6.07) is 4.33. The van der Waals surface area contributed by atoms with Crippen LogP contribution in [0.1, 0.15) is 70.8 Å². The SMILES string of the molecule is CCc1cc2c(c(C(C)(C)C)c1)OC(C)(C)CC2O. The predicted octanol–water partition coefficient (Wildman–Crippen LogP) is 4.14. The molecule has 0 spiro atoms. The fourth-order valence-electron chi connectivity index (χ4n) is 2.73. The minimum absolute atomic E-state index is 0.0163. The van der Waals surface area contributed by atoms with Gasteiger partial charge in [0.25, 0.3) is 0 Å². The summed E-state index contributed by atoms with van der Waals surface area (Å²) in [4.78, 5) is 0. The normalized spacial score (nSPS) is 21.7. The van der Waals surface area contributed by atoms with Crippen LogP contribution in [0.3, 0.4) is 0 Å². The zero-order valence-corrected chi connectivity index (χ0v) is 13.0. The molecule has 0 aliphatic carbocycles. The first-order valence-corrected chi connectivity index (χ1v) is 7.18. The molecule has 1 aliphatic heterocycles. The maximum atomic E-state index is 10.4. The summed E-state index contributed by atoms with van der Waals surface area (Å²) >= 11 is 0. The lowest BCUT2D eigenvalue weighted by Gasteiger charge is -2.39. The Kier molecular flexibility index (Phi) is 3.42. The molecule has 1 aromatic rings. The summed E-state index contributed by atoms with van der Waals surface area (Å²) in [5.41, 5.74) is 3.14. The highest BCUT2D eigenvalue weighted by Gasteiger charge is 2.36. The second-order valence-corrected chi connectivity index (χ2v) is 7.25. The van der Waals surface area contributed by atoms with Crippen molar-refractivity contribution in [1.29, 1.82) is 0 Å². The first kappa shape index (κ1) is 14.4. The molecule has 1 unspecified atom stereocenters. The minimum Gasteiger partial charge on any atom is -0.487 e. The van der Waals surface area contributed by atoms with Crippen LogP contribution in [-0.4, -0.2) is 10.7 Å². The number of fused-ring (bicyclic) bond motifs is 1. The van der Waals surface area contributed by atoms with E-state index in [1.807, 2.05) is 13.8 Å². The molecule has 0 fully saturated rings. The maximum Gasteiger partial charge on any atom is 0.129 e. The third-order valence-electron chi connectivity index (χ3n) is 3.82. The van der Waals surface area contributed by atoms with E-state index in [4.69, 9.17) is 4.74 Å². The smallest absolute Gasteiger partial charge is 0.129 e. The van der Waals surface area contributed by atoms with Crippen molar-refractivity contribution in [2.45, 2.75) is 71.5 Å². The van der Waals surface area contributed by atoms with E-state index in [1.165, 1.54) is 11.1 Å². The predicted molar refractivity (Wildman–Crippen MR) is 78.8 cm³/mol. The third-order valence-corrected chi connectivity index (χ3v) is 3.82. The molecule has 1 aliphatic rings. The molecule has 1 heterocycles. The molecule has 2 nitrogen and oxygen atoms in total. The number of ether oxygens (including phenoxy) is 1. The van der Waals surface area contributed by atoms with Gasteiger partial charge in [-0.05, 0) is 37.3 Å². The largest absolute Gasteiger partial charge is 0.487 e. The second-order valence-electron chi connectivity index (χ2n) is 7.25. The van der Waals surface area contributed by atoms with Gasteiger partial charge in [0.05, 0.1) is 6.10 Å². The number of aryl methyl sites for hydroxylation is 1. The first-order valence-electron chi connectivity index (χ1n) is 7.18. The van der Waals surface area contributed by atoms with Crippen LogP contribution in [-0.2, 0) is 11.8 Å². The Hall–Kier alpha value is -1.02. The summed E-state index contributed by atoms with van der Waals surface area (Å²) in [5.74, 6) is 0.897. The number of aliphatic hydroxyl groups excluding tert-OH is 1. The molecule has 0 radical (unpaired) electrons. The van der Waals surface area contributed by atoms with E-state index in [9.17, 15) is 5.11 Å². The lowest BCUT2D eigenvalue weighted by Crippen LogP contribution is -2.36. The van der Waals surface area contributed by atoms with Crippen LogP contribution in [0.25, 0.3) is 0 Å². The average Bonchev–Trinajstić information content (AvgIpc) is 2.25. The maximum absolute atomic E-state index is 10.4. The zero-order chi connectivity index (χ0) is 14.4. The number of rotatable bonds is 1. The average molecular weight is 262 g/mol. The van der Waals surface area contributed by atoms with Gasteiger partial charge in [0.2, 0.25) is 0 Å². The zero-order valence-electron chi connectivity index (χ0n) is 13.0. The lowest BCUT2D eigenvalue weighted by molar-refractivity contribution is 0.00988. The van der Waals surface area contributed by atoms with E-state index in [-0.39, 0.29) is 11.0 Å². The van der Waals surface area contributed by atoms with Crippen molar-refractivity contribution in [3.8, 4) is 5.75 Å². The Morgan fingerprint density at radius 3 is 2.47 bits per heavy atom. The lowest BCUT2D eigenvalue weighted by atomic mass is 9.80. The van der Waals surface area contributed by atoms with Crippen LogP contribution in [0, 0.1) is 0 Å². The van der Waals surface area contributed by atoms with Crippen LogP contribution < -0.4 is 4.74 Å². The van der Waals surface area contributed by atoms with Gasteiger partial charge in [-0.25, -0.2) is 0 Å². The third kappa shape index (κ3) is 2.79. The van der Waals surface area contributed by atoms with Gasteiger partial charge in [0.15, 0.2) is 0 Å². The van der Waals surface area contributed by atoms with Crippen LogP contribution in [0.4, 0.5) is 0 Å². The molecule has 0 amide bonds. The molecule has 2 heteroatoms. The van der Waals surface area contributed by atoms with Crippen molar-refractivity contribution in [3.63, 3.8) is 0 Å². The molecule has 1 N–H and O–H groups in total. The van der Waals surface area contributed by atoms with E-state index in [1.54, 1.807) is 0 Å². The van der Waals surface area contributed by atoms with Crippen molar-refractivity contribution in [2.75, 3.05) is 0 Å². The van der Waals surface area contributed by atoms with Gasteiger partial charge >= 0.3 is 0 Å². The fourth-order valence-corrected chi connectivity index (χ4v) is 2.73. The Morgan fingerprint density at radius 2 is 1.95 bits per heavy atom. The molecular weight excluding hydrogens is 236 g/mol. The Balaban J connectivity index is 2.65. The van der Waals surface area contributed by atoms with Crippen LogP contribution >= 0.6 is 0 Å². The van der Waals surface area contributed by atoms with Gasteiger partial charge < -0.3 is 9.84 Å². The Labute approximate surface area is 116 Å². The highest BCUT2D eigenvalue weighted by Crippen LogP contribution is 2.45. The van der Waals surface area contributed by atoms with Gasteiger partial charge in [0.1, 0.15) is 11.4 Å². The quantitative estimate of drug-likeness (QED) is 0.824. The van der Waals surface area contributed by atoms with Gasteiger partial charge in [-0.3, -0.25) is 0 Å². The highest BCUT2D eigenvalue weighted by molar-refractivity contribution is 5.50. The van der Waals surface area contributed by atoms with Gasteiger partial charge in [-0.2, -0.15) is 0 Å². The number of hydrogen-bond donors (Lipinski definition) is 1. The number of aliphatic hydroxyl groups is 1. The summed E-state index contributed by atoms with van der Waals surface area (Å²) in [6.45, 7) is 12.8. The van der Waals surface area contributed by atoms with E-state index in [2.05, 4.69) is 39.8 Å². The molecule has 0 saturated heterocycles. The Bertz CT molecular complexity index is 481. The van der Waals surface area contributed by atoms with Crippen molar-refractivity contribution in [3.05, 3.63) is 28.8 Å². The van der Waals surface area contributed by atoms with Crippen molar-refractivity contribution < 1.29 is 9.84 Å². The standard InChI is InChI=1S/C17H26O2/c1-7-11-8-12-14(18)10-17(5,6)19-15(12)13(9-11)16(2,3)4/h8-9,14,18H,7,10H2,1-6H3. The highest BCUT2D eigenvalue weighted by atomic mass is 16.5. The monoisotopic (exact) mass is 262 g/mol. The van der Waals surface area contributed by atoms with Crippen LogP contribution in [0.15, 0.2) is 12.1 Å². The molecule has 19 heavy (non-hydrogen) atoms. The topological polar surface area (TPSA) is 29.5 Å².